The molecule has 0 saturated carbocycles. The Morgan fingerprint density at radius 2 is 1.62 bits per heavy atom. The van der Waals surface area contributed by atoms with E-state index in [1.54, 1.807) is 0 Å². The molecule has 3 rings (SSSR count). The summed E-state index contributed by atoms with van der Waals surface area (Å²) in [5.41, 5.74) is 1.68. The summed E-state index contributed by atoms with van der Waals surface area (Å²) in [6.07, 6.45) is 2.17. The fourth-order valence-corrected chi connectivity index (χ4v) is 2.71. The van der Waals surface area contributed by atoms with Crippen LogP contribution in [0.2, 0.25) is 0 Å². The van der Waals surface area contributed by atoms with E-state index in [1.165, 1.54) is 27.0 Å². The number of hydrogen-bond donors (Lipinski definition) is 0. The van der Waals surface area contributed by atoms with E-state index in [0.717, 1.165) is 11.3 Å². The molecule has 5 heteroatoms. The van der Waals surface area contributed by atoms with Gasteiger partial charge in [-0.15, -0.1) is 0 Å². The van der Waals surface area contributed by atoms with Gasteiger partial charge in [-0.25, -0.2) is 4.79 Å². The molecule has 26 heavy (non-hydrogen) atoms. The third-order valence-electron chi connectivity index (χ3n) is 4.23. The van der Waals surface area contributed by atoms with Crippen LogP contribution < -0.4 is 16.0 Å². The van der Waals surface area contributed by atoms with Crippen LogP contribution in [0, 0.1) is 6.92 Å². The average Bonchev–Trinajstić information content (AvgIpc) is 2.66. The van der Waals surface area contributed by atoms with Crippen LogP contribution >= 0.6 is 0 Å². The summed E-state index contributed by atoms with van der Waals surface area (Å²) >= 11 is 0. The van der Waals surface area contributed by atoms with E-state index >= 15 is 0 Å². The van der Waals surface area contributed by atoms with Crippen LogP contribution in [0.5, 0.6) is 5.75 Å². The van der Waals surface area contributed by atoms with Crippen molar-refractivity contribution in [2.24, 2.45) is 0 Å². The number of hydrogen-bond acceptors (Lipinski definition) is 3. The standard InChI is InChI=1S/C21H22N2O3/c1-17-7-9-19(10-8-17)26-16-15-22-13-12-20(24)23(21(22)25)14-11-18-5-3-2-4-6-18/h2-10,12-13H,11,14-16H2,1H3. The predicted octanol–water partition coefficient (Wildman–Crippen LogP) is 2.64. The molecule has 0 N–H and O–H groups in total. The zero-order valence-corrected chi connectivity index (χ0v) is 14.8. The van der Waals surface area contributed by atoms with Gasteiger partial charge in [0.05, 0.1) is 6.54 Å². The molecule has 0 aliphatic heterocycles. The summed E-state index contributed by atoms with van der Waals surface area (Å²) in [4.78, 5) is 24.6. The Labute approximate surface area is 152 Å². The molecule has 0 unspecified atom stereocenters. The number of aryl methyl sites for hydroxylation is 2. The van der Waals surface area contributed by atoms with Crippen molar-refractivity contribution in [2.45, 2.75) is 26.4 Å². The first-order valence-electron chi connectivity index (χ1n) is 8.67. The van der Waals surface area contributed by atoms with E-state index in [-0.39, 0.29) is 11.2 Å². The quantitative estimate of drug-likeness (QED) is 0.658. The highest BCUT2D eigenvalue weighted by atomic mass is 16.5. The van der Waals surface area contributed by atoms with Gasteiger partial charge in [-0.3, -0.25) is 13.9 Å². The Morgan fingerprint density at radius 1 is 0.885 bits per heavy atom. The van der Waals surface area contributed by atoms with Gasteiger partial charge in [-0.1, -0.05) is 48.0 Å². The van der Waals surface area contributed by atoms with Crippen molar-refractivity contribution < 1.29 is 4.74 Å². The van der Waals surface area contributed by atoms with Crippen LogP contribution in [-0.2, 0) is 19.5 Å². The van der Waals surface area contributed by atoms with Crippen LogP contribution in [-0.4, -0.2) is 15.7 Å². The molecule has 3 aromatic rings. The van der Waals surface area contributed by atoms with Gasteiger partial charge in [0, 0.05) is 18.8 Å². The maximum absolute atomic E-state index is 12.6. The van der Waals surface area contributed by atoms with E-state index in [2.05, 4.69) is 0 Å². The van der Waals surface area contributed by atoms with E-state index in [1.807, 2.05) is 61.5 Å². The molecule has 134 valence electrons. The molecule has 1 heterocycles. The lowest BCUT2D eigenvalue weighted by Gasteiger charge is -2.11. The van der Waals surface area contributed by atoms with Crippen LogP contribution in [0.3, 0.4) is 0 Å². The lowest BCUT2D eigenvalue weighted by atomic mass is 10.1. The molecule has 0 aliphatic rings. The number of ether oxygens (including phenoxy) is 1. The van der Waals surface area contributed by atoms with Gasteiger partial charge in [-0.05, 0) is 31.0 Å². The monoisotopic (exact) mass is 350 g/mol. The SMILES string of the molecule is Cc1ccc(OCCn2ccc(=O)n(CCc3ccccc3)c2=O)cc1. The Morgan fingerprint density at radius 3 is 2.35 bits per heavy atom. The smallest absolute Gasteiger partial charge is 0.331 e. The second-order valence-corrected chi connectivity index (χ2v) is 6.18. The van der Waals surface area contributed by atoms with E-state index < -0.39 is 0 Å². The molecule has 2 aromatic carbocycles. The summed E-state index contributed by atoms with van der Waals surface area (Å²) in [5, 5.41) is 0. The first-order valence-corrected chi connectivity index (χ1v) is 8.67. The molecule has 0 atom stereocenters. The molecular weight excluding hydrogens is 328 g/mol. The van der Waals surface area contributed by atoms with Gasteiger partial charge >= 0.3 is 5.69 Å². The molecule has 5 nitrogen and oxygen atoms in total. The highest BCUT2D eigenvalue weighted by Crippen LogP contribution is 2.11. The van der Waals surface area contributed by atoms with Gasteiger partial charge in [-0.2, -0.15) is 0 Å². The minimum Gasteiger partial charge on any atom is -0.492 e. The maximum atomic E-state index is 12.6. The Hall–Kier alpha value is -3.08. The highest BCUT2D eigenvalue weighted by molar-refractivity contribution is 5.26. The van der Waals surface area contributed by atoms with Gasteiger partial charge in [0.2, 0.25) is 0 Å². The van der Waals surface area contributed by atoms with Crippen molar-refractivity contribution in [3.8, 4) is 5.75 Å². The normalized spacial score (nSPS) is 10.7. The molecule has 0 aliphatic carbocycles. The molecule has 1 aromatic heterocycles. The summed E-state index contributed by atoms with van der Waals surface area (Å²) in [6.45, 7) is 3.13. The third kappa shape index (κ3) is 4.51. The number of aromatic nitrogens is 2. The fourth-order valence-electron chi connectivity index (χ4n) is 2.71. The molecule has 0 bridgehead atoms. The second kappa shape index (κ2) is 8.34. The van der Waals surface area contributed by atoms with Crippen molar-refractivity contribution in [2.75, 3.05) is 6.61 Å². The lowest BCUT2D eigenvalue weighted by Crippen LogP contribution is -2.40. The molecular formula is C21H22N2O3. The van der Waals surface area contributed by atoms with Gasteiger partial charge in [0.15, 0.2) is 0 Å². The van der Waals surface area contributed by atoms with E-state index in [9.17, 15) is 9.59 Å². The lowest BCUT2D eigenvalue weighted by molar-refractivity contribution is 0.293. The summed E-state index contributed by atoms with van der Waals surface area (Å²) in [5.74, 6) is 0.765. The van der Waals surface area contributed by atoms with Crippen LogP contribution in [0.4, 0.5) is 0 Å². The summed E-state index contributed by atoms with van der Waals surface area (Å²) < 4.78 is 8.46. The first-order chi connectivity index (χ1) is 12.6. The van der Waals surface area contributed by atoms with Crippen molar-refractivity contribution >= 4 is 0 Å². The molecule has 0 saturated heterocycles. The van der Waals surface area contributed by atoms with Crippen LogP contribution in [0.15, 0.2) is 76.4 Å². The summed E-state index contributed by atoms with van der Waals surface area (Å²) in [6, 6.07) is 19.0. The van der Waals surface area contributed by atoms with Gasteiger partial charge in [0.25, 0.3) is 5.56 Å². The predicted molar refractivity (Wildman–Crippen MR) is 102 cm³/mol. The largest absolute Gasteiger partial charge is 0.492 e. The second-order valence-electron chi connectivity index (χ2n) is 6.18. The molecule has 0 spiro atoms. The minimum absolute atomic E-state index is 0.276. The topological polar surface area (TPSA) is 53.2 Å². The van der Waals surface area contributed by atoms with Crippen molar-refractivity contribution in [1.29, 1.82) is 0 Å². The fraction of sp³-hybridized carbons (Fsp3) is 0.238. The van der Waals surface area contributed by atoms with Crippen LogP contribution in [0.25, 0.3) is 0 Å². The average molecular weight is 350 g/mol. The zero-order valence-electron chi connectivity index (χ0n) is 14.8. The molecule has 0 amide bonds. The number of benzene rings is 2. The van der Waals surface area contributed by atoms with Crippen molar-refractivity contribution in [3.63, 3.8) is 0 Å². The summed E-state index contributed by atoms with van der Waals surface area (Å²) in [7, 11) is 0. The number of rotatable bonds is 7. The molecule has 0 radical (unpaired) electrons. The van der Waals surface area contributed by atoms with Crippen LogP contribution in [0.1, 0.15) is 11.1 Å². The van der Waals surface area contributed by atoms with Gasteiger partial charge in [0.1, 0.15) is 12.4 Å². The first kappa shape index (κ1) is 17.7. The molecule has 0 fully saturated rings. The third-order valence-corrected chi connectivity index (χ3v) is 4.23. The Kier molecular flexibility index (Phi) is 5.69. The van der Waals surface area contributed by atoms with Crippen molar-refractivity contribution in [3.05, 3.63) is 98.8 Å². The van der Waals surface area contributed by atoms with Crippen molar-refractivity contribution in [1.82, 2.24) is 9.13 Å². The van der Waals surface area contributed by atoms with Gasteiger partial charge < -0.3 is 4.74 Å². The minimum atomic E-state index is -0.305. The number of nitrogens with zero attached hydrogens (tertiary/aromatic N) is 2. The Balaban J connectivity index is 1.65. The van der Waals surface area contributed by atoms with E-state index in [0.29, 0.717) is 26.1 Å². The Bertz CT molecular complexity index is 957. The zero-order chi connectivity index (χ0) is 18.4. The highest BCUT2D eigenvalue weighted by Gasteiger charge is 2.06. The maximum Gasteiger partial charge on any atom is 0.331 e. The van der Waals surface area contributed by atoms with E-state index in [4.69, 9.17) is 4.74 Å².